The van der Waals surface area contributed by atoms with Gasteiger partial charge >= 0.3 is 59.7 Å². The molecule has 11 rings (SSSR count). The Balaban J connectivity index is 0.000000257. The van der Waals surface area contributed by atoms with Crippen LogP contribution in [-0.4, -0.2) is 113 Å². The third kappa shape index (κ3) is 34.3. The lowest BCUT2D eigenvalue weighted by Crippen LogP contribution is -2.42. The number of hydrogen-bond donors (Lipinski definition) is 1. The summed E-state index contributed by atoms with van der Waals surface area (Å²) in [5.74, 6) is -3.32. The van der Waals surface area contributed by atoms with E-state index in [-0.39, 0.29) is 112 Å². The van der Waals surface area contributed by atoms with E-state index in [1.807, 2.05) is 71.9 Å². The third-order valence-corrected chi connectivity index (χ3v) is 36.7. The van der Waals surface area contributed by atoms with Gasteiger partial charge in [-0.1, -0.05) is 278 Å². The number of fused-ring (bicyclic) bond motifs is 5. The molecule has 0 spiro atoms. The monoisotopic (exact) mass is 2240 g/mol. The third-order valence-electron chi connectivity index (χ3n) is 23.6. The summed E-state index contributed by atoms with van der Waals surface area (Å²) in [5, 5.41) is 47.0. The molecule has 5 aromatic carbocycles. The molecular weight excluding hydrogens is 2110 g/mol. The zero-order chi connectivity index (χ0) is 111. The van der Waals surface area contributed by atoms with E-state index in [1.54, 1.807) is 103 Å². The second-order valence-electron chi connectivity index (χ2n) is 34.3. The van der Waals surface area contributed by atoms with Gasteiger partial charge in [-0.05, 0) is 152 Å². The maximum absolute atomic E-state index is 12.9. The van der Waals surface area contributed by atoms with Gasteiger partial charge in [-0.2, -0.15) is 26.3 Å². The SMILES string of the molecule is CCCCC(CC)C(=O)Oc1ccc(OC(=O)C(CC)CCCC)c2c1SC(=C(C#N)C#N)S2.CCCCC(CC)C(=O)Oc1ccc(OC(=O)C(CC)CCCC)c2c1SC(=C(C#N)C(=O)OCC)S2.CCCCC(CC)C(=O)Oc1ccc(OC(=O)C(CC)CCCC)c2c1SC(=C(C#N)C(N)=O)S2.CCOC(=O)C(C#N)=C1Sc2c(OC)ccc(OC)c2S1.COc1ccc(OC)c2c1SC(=C1C(=O)OC(C)(C)OC1=O)S2. The summed E-state index contributed by atoms with van der Waals surface area (Å²) in [6.07, 6.45) is 20.1. The number of nitrogens with two attached hydrogens (primary N) is 1. The van der Waals surface area contributed by atoms with Crippen LogP contribution in [0.25, 0.3) is 0 Å². The molecule has 0 saturated carbocycles. The van der Waals surface area contributed by atoms with E-state index in [0.717, 1.165) is 182 Å². The number of cyclic esters (lactones) is 2. The standard InChI is InChI=1S/C28H37NO6S2.C26H34N2O5S2.C26H32N2O4S2.C15H14O6S2.C14H13NO4S2/c1-6-11-13-18(8-3)25(30)34-21-15-16-22(35-26(31)19(9-4)14-12-7-2)24-23(21)36-28(37-24)20(17-29)27(32)33-10-5;1-5-9-11-16(7-3)24(30)32-19-13-14-20(33-25(31)17(8-4)12-10-6-2)22-21(19)34-26(35-22)18(15-27)23(28)29;1-5-9-11-17(7-3)24(29)31-20-13-14-21(32-25(30)18(8-4)12-10-6-2)23-22(20)33-26(34-23)19(15-27)16-28;1-15(2)20-12(16)9(13(17)21-15)14-22-10-7(18-3)5-6-8(19-4)11(10)23-14;1-4-19-13(16)8(7-15)14-20-11-9(17-2)5-6-10(18-3)12(11)21-14/h15-16,18-19H,6-14H2,1-5H3;13-14,16-17H,5-12H2,1-4H3,(H2,28,29);13-14,17-18H,5-12H2,1-4H3;5-6H,1-4H3;5-6H,4H2,1-3H3. The van der Waals surface area contributed by atoms with Crippen molar-refractivity contribution < 1.29 is 119 Å². The smallest absolute Gasteiger partial charge is 0.350 e. The van der Waals surface area contributed by atoms with Crippen LogP contribution in [0.2, 0.25) is 0 Å². The van der Waals surface area contributed by atoms with Gasteiger partial charge in [0.1, 0.15) is 99.0 Å². The van der Waals surface area contributed by atoms with Gasteiger partial charge in [0, 0.05) is 13.8 Å². The molecule has 806 valence electrons. The number of carbonyl (C=O) groups excluding carboxylic acids is 11. The molecular formula is C109H130N6O25S10. The largest absolute Gasteiger partial charge is 0.496 e. The quantitative estimate of drug-likeness (QED) is 0.00944. The molecule has 6 aliphatic heterocycles. The van der Waals surface area contributed by atoms with Crippen molar-refractivity contribution in [1.29, 1.82) is 26.3 Å². The fourth-order valence-corrected chi connectivity index (χ4v) is 27.9. The molecule has 0 aromatic heterocycles. The van der Waals surface area contributed by atoms with Gasteiger partial charge in [0.05, 0.1) is 147 Å². The number of nitrogens with zero attached hydrogens (tertiary/aromatic N) is 5. The van der Waals surface area contributed by atoms with Gasteiger partial charge in [-0.3, -0.25) is 33.6 Å². The first-order valence-electron chi connectivity index (χ1n) is 50.0. The van der Waals surface area contributed by atoms with Crippen molar-refractivity contribution in [1.82, 2.24) is 0 Å². The van der Waals surface area contributed by atoms with Gasteiger partial charge in [0.2, 0.25) is 0 Å². The number of thioether (sulfide) groups is 10. The summed E-state index contributed by atoms with van der Waals surface area (Å²) >= 11 is 12.1. The predicted octanol–water partition coefficient (Wildman–Crippen LogP) is 27.3. The van der Waals surface area contributed by atoms with Crippen LogP contribution >= 0.6 is 118 Å². The molecule has 6 aliphatic rings. The number of nitriles is 5. The van der Waals surface area contributed by atoms with Crippen LogP contribution in [0, 0.1) is 92.2 Å². The van der Waals surface area contributed by atoms with Crippen molar-refractivity contribution in [2.45, 2.75) is 320 Å². The molecule has 6 atom stereocenters. The lowest BCUT2D eigenvalue weighted by molar-refractivity contribution is -0.222. The Hall–Kier alpha value is -10.9. The number of benzene rings is 5. The molecule has 1 amide bonds. The average Bonchev–Trinajstić information content (AvgIpc) is 1.59. The summed E-state index contributed by atoms with van der Waals surface area (Å²) in [4.78, 5) is 144. The number of primary amides is 1. The van der Waals surface area contributed by atoms with Gasteiger partial charge in [0.15, 0.2) is 16.7 Å². The summed E-state index contributed by atoms with van der Waals surface area (Å²) in [5.41, 5.74) is 4.96. The van der Waals surface area contributed by atoms with Gasteiger partial charge in [-0.15, -0.1) is 0 Å². The van der Waals surface area contributed by atoms with E-state index in [0.29, 0.717) is 147 Å². The first-order valence-corrected chi connectivity index (χ1v) is 58.2. The van der Waals surface area contributed by atoms with E-state index >= 15 is 0 Å². The van der Waals surface area contributed by atoms with Crippen molar-refractivity contribution in [2.24, 2.45) is 41.2 Å². The van der Waals surface area contributed by atoms with Crippen LogP contribution in [0.15, 0.2) is 159 Å². The molecule has 6 heterocycles. The lowest BCUT2D eigenvalue weighted by Gasteiger charge is -2.30. The fraction of sp³-hybridized carbons (Fsp3) is 0.486. The number of esters is 10. The number of unbranched alkanes of at least 4 members (excludes halogenated alkanes) is 6. The molecule has 0 radical (unpaired) electrons. The maximum atomic E-state index is 12.9. The highest BCUT2D eigenvalue weighted by atomic mass is 32.2. The molecule has 31 nitrogen and oxygen atoms in total. The maximum Gasteiger partial charge on any atom is 0.350 e. The Bertz CT molecular complexity index is 5850. The average molecular weight is 2240 g/mol. The fourth-order valence-electron chi connectivity index (χ4n) is 14.9. The Morgan fingerprint density at radius 3 is 0.693 bits per heavy atom. The number of methoxy groups -OCH3 is 4. The number of allylic oxidation sites excluding steroid dienone is 1. The second kappa shape index (κ2) is 64.2. The van der Waals surface area contributed by atoms with Gasteiger partial charge in [-0.25, -0.2) is 19.2 Å². The zero-order valence-corrected chi connectivity index (χ0v) is 96.4. The van der Waals surface area contributed by atoms with Crippen LogP contribution in [0.5, 0.6) is 57.5 Å². The van der Waals surface area contributed by atoms with Crippen molar-refractivity contribution in [3.8, 4) is 87.8 Å². The number of ether oxygens (including phenoxy) is 14. The number of amides is 1. The predicted molar refractivity (Wildman–Crippen MR) is 583 cm³/mol. The minimum Gasteiger partial charge on any atom is -0.496 e. The minimum absolute atomic E-state index is 0.00663. The summed E-state index contributed by atoms with van der Waals surface area (Å²) in [6, 6.07) is 26.4. The molecule has 1 fully saturated rings. The number of carbonyl (C=O) groups is 11. The van der Waals surface area contributed by atoms with E-state index in [2.05, 4.69) is 41.5 Å². The molecule has 0 aliphatic carbocycles. The van der Waals surface area contributed by atoms with Crippen LogP contribution in [0.1, 0.15) is 265 Å². The van der Waals surface area contributed by atoms with Gasteiger partial charge < -0.3 is 72.0 Å². The Morgan fingerprint density at radius 2 is 0.507 bits per heavy atom. The number of hydrogen-bond acceptors (Lipinski definition) is 40. The summed E-state index contributed by atoms with van der Waals surface area (Å²) in [7, 11) is 6.27. The lowest BCUT2D eigenvalue weighted by atomic mass is 10.00. The van der Waals surface area contributed by atoms with Crippen molar-refractivity contribution in [2.75, 3.05) is 41.7 Å². The van der Waals surface area contributed by atoms with E-state index in [4.69, 9.17) is 72.0 Å². The van der Waals surface area contributed by atoms with Crippen LogP contribution < -0.4 is 53.1 Å². The highest BCUT2D eigenvalue weighted by Crippen LogP contribution is 2.64. The van der Waals surface area contributed by atoms with Crippen LogP contribution in [0.3, 0.4) is 0 Å². The highest BCUT2D eigenvalue weighted by molar-refractivity contribution is 8.26. The number of rotatable bonds is 45. The zero-order valence-electron chi connectivity index (χ0n) is 88.2. The first-order chi connectivity index (χ1) is 72.1. The Kier molecular flexibility index (Phi) is 53.9. The van der Waals surface area contributed by atoms with E-state index in [9.17, 15) is 79.0 Å². The molecule has 0 bridgehead atoms. The Labute approximate surface area is 921 Å². The molecule has 41 heteroatoms. The van der Waals surface area contributed by atoms with Crippen LogP contribution in [0.4, 0.5) is 0 Å². The van der Waals surface area contributed by atoms with Crippen molar-refractivity contribution >= 4 is 183 Å². The summed E-state index contributed by atoms with van der Waals surface area (Å²) < 4.78 is 78.6. The van der Waals surface area contributed by atoms with Gasteiger partial charge in [0.25, 0.3) is 11.7 Å². The normalized spacial score (nSPS) is 14.5. The molecule has 150 heavy (non-hydrogen) atoms. The van der Waals surface area contributed by atoms with E-state index < -0.39 is 35.6 Å². The first kappa shape index (κ1) is 126. The minimum atomic E-state index is -1.26. The molecule has 5 aromatic rings. The van der Waals surface area contributed by atoms with Crippen molar-refractivity contribution in [3.05, 3.63) is 110 Å². The highest BCUT2D eigenvalue weighted by Gasteiger charge is 2.45. The molecule has 1 saturated heterocycles. The van der Waals surface area contributed by atoms with Crippen LogP contribution in [-0.2, 0) is 71.7 Å². The summed E-state index contributed by atoms with van der Waals surface area (Å²) in [6.45, 7) is 31.0. The Morgan fingerprint density at radius 1 is 0.307 bits per heavy atom. The van der Waals surface area contributed by atoms with E-state index in [1.165, 1.54) is 84.4 Å². The van der Waals surface area contributed by atoms with Crippen molar-refractivity contribution in [3.63, 3.8) is 0 Å². The molecule has 2 N–H and O–H groups in total. The molecule has 6 unspecified atom stereocenters. The second-order valence-corrected chi connectivity index (χ2v) is 45.8. The topological polar surface area (TPSA) is 462 Å².